The minimum Gasteiger partial charge on any atom is -0.486 e. The fourth-order valence-electron chi connectivity index (χ4n) is 7.02. The van der Waals surface area contributed by atoms with E-state index >= 15 is 0 Å². The van der Waals surface area contributed by atoms with E-state index in [1.807, 2.05) is 61.5 Å². The van der Waals surface area contributed by atoms with Crippen molar-refractivity contribution in [2.45, 2.75) is 51.7 Å². The topological polar surface area (TPSA) is 139 Å². The van der Waals surface area contributed by atoms with Crippen LogP contribution in [0.2, 0.25) is 0 Å². The summed E-state index contributed by atoms with van der Waals surface area (Å²) in [5.41, 5.74) is 0. The summed E-state index contributed by atoms with van der Waals surface area (Å²) in [4.78, 5) is 56.2. The first-order valence-corrected chi connectivity index (χ1v) is 19.6. The molecule has 4 aliphatic rings. The van der Waals surface area contributed by atoms with E-state index in [1.54, 1.807) is 31.5 Å². The van der Waals surface area contributed by atoms with Gasteiger partial charge in [-0.3, -0.25) is 19.2 Å². The number of aldehydes is 1. The summed E-state index contributed by atoms with van der Waals surface area (Å²) in [6.45, 7) is 7.43. The van der Waals surface area contributed by atoms with Gasteiger partial charge in [0.15, 0.2) is 18.2 Å². The molecule has 0 spiro atoms. The molecule has 2 saturated heterocycles. The summed E-state index contributed by atoms with van der Waals surface area (Å²) in [7, 11) is -2.27. The minimum atomic E-state index is -2.27. The Balaban J connectivity index is 0.000000175. The second kappa shape index (κ2) is 17.6. The highest BCUT2D eigenvalue weighted by molar-refractivity contribution is 7.63. The van der Waals surface area contributed by atoms with Gasteiger partial charge in [0.25, 0.3) is 0 Å². The lowest BCUT2D eigenvalue weighted by molar-refractivity contribution is -0.142. The smallest absolute Gasteiger partial charge is 0.306 e. The number of carbonyl (C=O) groups is 5. The Hall–Kier alpha value is -4.04. The molecule has 2 heterocycles. The number of ketones is 2. The number of hydrogen-bond acceptors (Lipinski definition) is 10. The predicted molar refractivity (Wildman–Crippen MR) is 184 cm³/mol. The highest BCUT2D eigenvalue weighted by Gasteiger charge is 2.48. The molecule has 0 N–H and O–H groups in total. The van der Waals surface area contributed by atoms with Gasteiger partial charge in [0.2, 0.25) is 0 Å². The van der Waals surface area contributed by atoms with Crippen molar-refractivity contribution in [3.05, 3.63) is 72.8 Å². The lowest BCUT2D eigenvalue weighted by Crippen LogP contribution is -2.16. The van der Waals surface area contributed by atoms with Crippen molar-refractivity contribution in [3.63, 3.8) is 0 Å². The first-order chi connectivity index (χ1) is 23.3. The number of esters is 2. The van der Waals surface area contributed by atoms with E-state index in [4.69, 9.17) is 18.9 Å². The summed E-state index contributed by atoms with van der Waals surface area (Å²) in [5, 5.41) is 0. The Bertz CT molecular complexity index is 1520. The monoisotopic (exact) mass is 694 g/mol. The van der Waals surface area contributed by atoms with Crippen LogP contribution >= 0.6 is 7.14 Å². The molecule has 8 atom stereocenters. The molecule has 49 heavy (non-hydrogen) atoms. The third-order valence-corrected chi connectivity index (χ3v) is 10.4. The quantitative estimate of drug-likeness (QED) is 0.123. The zero-order valence-electron chi connectivity index (χ0n) is 28.6. The Kier molecular flexibility index (Phi) is 13.5. The molecule has 0 bridgehead atoms. The van der Waals surface area contributed by atoms with Gasteiger partial charge in [-0.25, -0.2) is 0 Å². The molecule has 10 nitrogen and oxygen atoms in total. The molecule has 3 unspecified atom stereocenters. The van der Waals surface area contributed by atoms with E-state index in [9.17, 15) is 28.5 Å². The molecule has 2 aromatic carbocycles. The molecule has 4 fully saturated rings. The van der Waals surface area contributed by atoms with Gasteiger partial charge in [0.1, 0.15) is 36.6 Å². The predicted octanol–water partition coefficient (Wildman–Crippen LogP) is 5.81. The highest BCUT2D eigenvalue weighted by atomic mass is 31.2. The van der Waals surface area contributed by atoms with Crippen LogP contribution < -0.4 is 9.47 Å². The third kappa shape index (κ3) is 11.5. The van der Waals surface area contributed by atoms with Gasteiger partial charge in [0.05, 0.1) is 26.1 Å². The maximum atomic E-state index is 11.9. The standard InChI is InChI=1S/C18H20O4.C11H15O3P.C9H12O3/c1-12-9-17-16(10-18(20)22-17)15(12)8-7-13(19)11-21-14-5-3-2-4-6-14;1-15(2,13)9-10(12)8-14-11-6-4-3-5-7-11;1-5-2-8-6(7(5)4-10)3-9(11)12-8/h2-8,12,15-17H,9-11H2,1H3;3-7H,8-9H2,1-2H3;4-8H,2-3H2,1H3/b8-7+;;/t12-,15+,16-,17+;;5?,6?,7-,8?/m1.0/s1. The summed E-state index contributed by atoms with van der Waals surface area (Å²) >= 11 is 0. The fourth-order valence-corrected chi connectivity index (χ4v) is 7.96. The van der Waals surface area contributed by atoms with Gasteiger partial charge in [0, 0.05) is 17.8 Å². The van der Waals surface area contributed by atoms with Gasteiger partial charge in [-0.05, 0) is 74.3 Å². The van der Waals surface area contributed by atoms with Gasteiger partial charge in [-0.2, -0.15) is 0 Å². The molecule has 2 aromatic rings. The maximum absolute atomic E-state index is 11.9. The van der Waals surface area contributed by atoms with Gasteiger partial charge in [-0.1, -0.05) is 56.3 Å². The second-order valence-corrected chi connectivity index (χ2v) is 17.3. The van der Waals surface area contributed by atoms with E-state index in [0.29, 0.717) is 36.2 Å². The maximum Gasteiger partial charge on any atom is 0.306 e. The Morgan fingerprint density at radius 3 is 1.73 bits per heavy atom. The van der Waals surface area contributed by atoms with Gasteiger partial charge < -0.3 is 28.3 Å². The first kappa shape index (κ1) is 37.8. The second-order valence-electron chi connectivity index (χ2n) is 13.8. The molecule has 0 radical (unpaired) electrons. The van der Waals surface area contributed by atoms with Gasteiger partial charge in [-0.15, -0.1) is 0 Å². The number of Topliss-reactive ketones (excluding diaryl/α,β-unsaturated/α-hetero) is 1. The van der Waals surface area contributed by atoms with Crippen LogP contribution in [-0.4, -0.2) is 74.7 Å². The number of ether oxygens (including phenoxy) is 4. The summed E-state index contributed by atoms with van der Waals surface area (Å²) in [6.07, 6.45) is 7.35. The fraction of sp³-hybridized carbons (Fsp3) is 0.500. The van der Waals surface area contributed by atoms with Crippen LogP contribution in [0.5, 0.6) is 11.5 Å². The van der Waals surface area contributed by atoms with Crippen molar-refractivity contribution in [2.75, 3.05) is 32.7 Å². The number of hydrogen-bond donors (Lipinski definition) is 0. The van der Waals surface area contributed by atoms with E-state index in [-0.39, 0.29) is 78.8 Å². The summed E-state index contributed by atoms with van der Waals surface area (Å²) < 4.78 is 32.4. The first-order valence-electron chi connectivity index (χ1n) is 16.8. The number of carbonyl (C=O) groups excluding carboxylic acids is 5. The van der Waals surface area contributed by atoms with E-state index < -0.39 is 7.14 Å². The number of allylic oxidation sites excluding steroid dienone is 1. The molecule has 264 valence electrons. The normalized spacial score (nSPS) is 28.2. The molecule has 2 aliphatic heterocycles. The average molecular weight is 695 g/mol. The summed E-state index contributed by atoms with van der Waals surface area (Å²) in [6, 6.07) is 18.4. The molecular weight excluding hydrogens is 647 g/mol. The number of benzene rings is 2. The van der Waals surface area contributed by atoms with Crippen LogP contribution in [0.1, 0.15) is 39.5 Å². The van der Waals surface area contributed by atoms with Crippen molar-refractivity contribution < 1.29 is 47.5 Å². The van der Waals surface area contributed by atoms with Crippen molar-refractivity contribution in [2.24, 2.45) is 35.5 Å². The third-order valence-electron chi connectivity index (χ3n) is 9.32. The van der Waals surface area contributed by atoms with E-state index in [1.165, 1.54) is 0 Å². The molecular formula is C38H47O10P. The van der Waals surface area contributed by atoms with Crippen LogP contribution in [0.4, 0.5) is 0 Å². The molecule has 11 heteroatoms. The van der Waals surface area contributed by atoms with Crippen molar-refractivity contribution in [1.82, 2.24) is 0 Å². The molecule has 2 saturated carbocycles. The van der Waals surface area contributed by atoms with Crippen LogP contribution in [0.25, 0.3) is 0 Å². The van der Waals surface area contributed by atoms with Crippen molar-refractivity contribution >= 4 is 36.9 Å². The molecule has 2 aliphatic carbocycles. The molecule has 0 aromatic heterocycles. The zero-order chi connectivity index (χ0) is 35.6. The van der Waals surface area contributed by atoms with Gasteiger partial charge >= 0.3 is 11.9 Å². The largest absolute Gasteiger partial charge is 0.486 e. The van der Waals surface area contributed by atoms with E-state index in [2.05, 4.69) is 6.92 Å². The number of rotatable bonds is 11. The Labute approximate surface area is 288 Å². The molecule has 0 amide bonds. The zero-order valence-corrected chi connectivity index (χ0v) is 29.5. The van der Waals surface area contributed by atoms with Crippen molar-refractivity contribution in [1.29, 1.82) is 0 Å². The minimum absolute atomic E-state index is 0.00428. The lowest BCUT2D eigenvalue weighted by Gasteiger charge is -2.15. The average Bonchev–Trinajstić information content (AvgIpc) is 3.76. The lowest BCUT2D eigenvalue weighted by atomic mass is 9.88. The van der Waals surface area contributed by atoms with Crippen LogP contribution in [-0.2, 0) is 38.0 Å². The van der Waals surface area contributed by atoms with E-state index in [0.717, 1.165) is 19.1 Å². The highest BCUT2D eigenvalue weighted by Crippen LogP contribution is 2.45. The molecule has 6 rings (SSSR count). The SMILES string of the molecule is CC1CC2OC(=O)CC2[C@H]1C=O.CP(C)(=O)CC(=O)COc1ccccc1.C[C@@H]1C[C@@H]2OC(=O)C[C@@H]2[C@H]1/C=C/C(=O)COc1ccccc1. The van der Waals surface area contributed by atoms with Crippen LogP contribution in [0, 0.1) is 35.5 Å². The Morgan fingerprint density at radius 1 is 0.776 bits per heavy atom. The Morgan fingerprint density at radius 2 is 1.24 bits per heavy atom. The summed E-state index contributed by atoms with van der Waals surface area (Å²) in [5.74, 6) is 2.40. The number of fused-ring (bicyclic) bond motifs is 2. The number of para-hydroxylation sites is 2. The van der Waals surface area contributed by atoms with Crippen molar-refractivity contribution in [3.8, 4) is 11.5 Å². The van der Waals surface area contributed by atoms with Crippen LogP contribution in [0.15, 0.2) is 72.8 Å². The van der Waals surface area contributed by atoms with Crippen LogP contribution in [0.3, 0.4) is 0 Å².